The molecule has 2 heterocycles. The van der Waals surface area contributed by atoms with Gasteiger partial charge >= 0.3 is 0 Å². The van der Waals surface area contributed by atoms with Crippen molar-refractivity contribution in [2.45, 2.75) is 19.1 Å². The predicted molar refractivity (Wildman–Crippen MR) is 138 cm³/mol. The number of nitrogens with zero attached hydrogens (tertiary/aromatic N) is 4. The third kappa shape index (κ3) is 5.16. The van der Waals surface area contributed by atoms with Gasteiger partial charge in [0.2, 0.25) is 0 Å². The summed E-state index contributed by atoms with van der Waals surface area (Å²) in [7, 11) is 3.41. The fourth-order valence-electron chi connectivity index (χ4n) is 4.18. The first-order valence-corrected chi connectivity index (χ1v) is 11.7. The molecule has 0 aliphatic heterocycles. The van der Waals surface area contributed by atoms with Crippen LogP contribution >= 0.6 is 0 Å². The summed E-state index contributed by atoms with van der Waals surface area (Å²) < 4.78 is 28.7. The van der Waals surface area contributed by atoms with Gasteiger partial charge in [0, 0.05) is 18.6 Å². The molecule has 2 aromatic heterocycles. The van der Waals surface area contributed by atoms with Crippen molar-refractivity contribution in [1.29, 1.82) is 0 Å². The number of aromatic nitrogens is 4. The molecule has 0 radical (unpaired) electrons. The molecular weight excluding hydrogens is 473 g/mol. The zero-order chi connectivity index (χ0) is 25.9. The Morgan fingerprint density at radius 1 is 1.05 bits per heavy atom. The predicted octanol–water partition coefficient (Wildman–Crippen LogP) is 4.85. The van der Waals surface area contributed by atoms with Crippen molar-refractivity contribution < 1.29 is 18.7 Å². The van der Waals surface area contributed by atoms with E-state index in [1.165, 1.54) is 12.1 Å². The minimum Gasteiger partial charge on any atom is -0.497 e. The lowest BCUT2D eigenvalue weighted by Crippen LogP contribution is -2.39. The summed E-state index contributed by atoms with van der Waals surface area (Å²) in [5.41, 5.74) is 2.78. The molecule has 2 unspecified atom stereocenters. The van der Waals surface area contributed by atoms with E-state index in [-0.39, 0.29) is 11.7 Å². The Morgan fingerprint density at radius 2 is 1.86 bits per heavy atom. The van der Waals surface area contributed by atoms with Crippen molar-refractivity contribution >= 4 is 16.8 Å². The highest BCUT2D eigenvalue weighted by molar-refractivity contribution is 5.92. The van der Waals surface area contributed by atoms with Crippen LogP contribution in [-0.4, -0.2) is 38.4 Å². The third-order valence-electron chi connectivity index (χ3n) is 6.05. The summed E-state index contributed by atoms with van der Waals surface area (Å²) in [6, 6.07) is 19.0. The fraction of sp³-hybridized carbons (Fsp3) is 0.179. The number of halogens is 1. The number of carbonyl (C=O) groups excluding carboxylic acids is 1. The smallest absolute Gasteiger partial charge is 0.271 e. The lowest BCUT2D eigenvalue weighted by molar-refractivity contribution is 0.0877. The van der Waals surface area contributed by atoms with E-state index in [1.54, 1.807) is 47.2 Å². The number of rotatable bonds is 8. The van der Waals surface area contributed by atoms with Gasteiger partial charge in [0.05, 0.1) is 36.9 Å². The van der Waals surface area contributed by atoms with Crippen molar-refractivity contribution in [1.82, 2.24) is 24.6 Å². The van der Waals surface area contributed by atoms with Crippen LogP contribution in [-0.2, 0) is 7.05 Å². The van der Waals surface area contributed by atoms with Crippen LogP contribution in [0.2, 0.25) is 0 Å². The van der Waals surface area contributed by atoms with E-state index in [4.69, 9.17) is 9.47 Å². The molecule has 1 amide bonds. The van der Waals surface area contributed by atoms with Gasteiger partial charge in [-0.25, -0.2) is 14.1 Å². The molecule has 0 bridgehead atoms. The van der Waals surface area contributed by atoms with E-state index < -0.39 is 12.1 Å². The topological polar surface area (TPSA) is 83.2 Å². The number of nitrogens with one attached hydrogen (secondary N) is 1. The van der Waals surface area contributed by atoms with E-state index in [1.807, 2.05) is 56.4 Å². The minimum atomic E-state index is -0.521. The molecule has 0 aliphatic rings. The summed E-state index contributed by atoms with van der Waals surface area (Å²) in [4.78, 5) is 16.9. The van der Waals surface area contributed by atoms with Crippen LogP contribution in [0, 0.1) is 5.82 Å². The second kappa shape index (κ2) is 10.1. The van der Waals surface area contributed by atoms with E-state index in [2.05, 4.69) is 15.4 Å². The van der Waals surface area contributed by atoms with Gasteiger partial charge in [-0.1, -0.05) is 12.1 Å². The summed E-state index contributed by atoms with van der Waals surface area (Å²) in [5, 5.41) is 8.33. The van der Waals surface area contributed by atoms with Crippen LogP contribution in [0.25, 0.3) is 16.6 Å². The standard InChI is InChI=1S/C28H26FN5O3/c1-18(32-28(35)25-16-33(2)17-30-25)27(19-5-4-6-23(13-19)36-3)37-24-11-12-26-20(14-24)15-31-34(26)22-9-7-21(29)8-10-22/h4-18,27H,1-3H3,(H,32,35). The number of imidazole rings is 1. The maximum atomic E-state index is 13.4. The Hall–Kier alpha value is -4.66. The number of ether oxygens (including phenoxy) is 2. The number of aryl methyl sites for hydroxylation is 1. The lowest BCUT2D eigenvalue weighted by atomic mass is 10.0. The maximum Gasteiger partial charge on any atom is 0.271 e. The highest BCUT2D eigenvalue weighted by Gasteiger charge is 2.25. The summed E-state index contributed by atoms with van der Waals surface area (Å²) in [6.07, 6.45) is 4.46. The number of methoxy groups -OCH3 is 1. The number of carbonyl (C=O) groups is 1. The monoisotopic (exact) mass is 499 g/mol. The second-order valence-electron chi connectivity index (χ2n) is 8.75. The molecule has 5 aromatic rings. The normalized spacial score (nSPS) is 12.8. The van der Waals surface area contributed by atoms with Gasteiger partial charge in [-0.05, 0) is 67.1 Å². The largest absolute Gasteiger partial charge is 0.497 e. The summed E-state index contributed by atoms with van der Waals surface area (Å²) in [6.45, 7) is 1.88. The zero-order valence-electron chi connectivity index (χ0n) is 20.6. The van der Waals surface area contributed by atoms with Crippen molar-refractivity contribution in [2.24, 2.45) is 7.05 Å². The first kappa shape index (κ1) is 24.1. The first-order chi connectivity index (χ1) is 17.9. The molecule has 9 heteroatoms. The molecule has 0 saturated heterocycles. The first-order valence-electron chi connectivity index (χ1n) is 11.7. The van der Waals surface area contributed by atoms with Crippen LogP contribution in [0.1, 0.15) is 29.1 Å². The van der Waals surface area contributed by atoms with Gasteiger partial charge in [-0.3, -0.25) is 4.79 Å². The van der Waals surface area contributed by atoms with Gasteiger partial charge < -0.3 is 19.4 Å². The molecule has 188 valence electrons. The van der Waals surface area contributed by atoms with Crippen molar-refractivity contribution in [3.63, 3.8) is 0 Å². The highest BCUT2D eigenvalue weighted by atomic mass is 19.1. The van der Waals surface area contributed by atoms with Crippen LogP contribution in [0.5, 0.6) is 11.5 Å². The van der Waals surface area contributed by atoms with E-state index >= 15 is 0 Å². The lowest BCUT2D eigenvalue weighted by Gasteiger charge is -2.26. The summed E-state index contributed by atoms with van der Waals surface area (Å²) in [5.74, 6) is 0.702. The van der Waals surface area contributed by atoms with Gasteiger partial charge in [0.15, 0.2) is 0 Å². The quantitative estimate of drug-likeness (QED) is 0.330. The number of amides is 1. The number of hydrogen-bond donors (Lipinski definition) is 1. The molecule has 0 aliphatic carbocycles. The SMILES string of the molecule is COc1cccc(C(Oc2ccc3c(cnn3-c3ccc(F)cc3)c2)C(C)NC(=O)c2cn(C)cn2)c1. The number of benzene rings is 3. The highest BCUT2D eigenvalue weighted by Crippen LogP contribution is 2.30. The van der Waals surface area contributed by atoms with Gasteiger partial charge in [0.1, 0.15) is 29.1 Å². The average Bonchev–Trinajstić information content (AvgIpc) is 3.54. The molecule has 3 aromatic carbocycles. The molecule has 2 atom stereocenters. The Morgan fingerprint density at radius 3 is 2.59 bits per heavy atom. The number of fused-ring (bicyclic) bond motifs is 1. The third-order valence-corrected chi connectivity index (χ3v) is 6.05. The number of hydrogen-bond acceptors (Lipinski definition) is 5. The van der Waals surface area contributed by atoms with Crippen LogP contribution in [0.4, 0.5) is 4.39 Å². The zero-order valence-corrected chi connectivity index (χ0v) is 20.6. The van der Waals surface area contributed by atoms with Crippen LogP contribution in [0.3, 0.4) is 0 Å². The van der Waals surface area contributed by atoms with Crippen molar-refractivity contribution in [3.8, 4) is 17.2 Å². The van der Waals surface area contributed by atoms with Crippen molar-refractivity contribution in [3.05, 3.63) is 103 Å². The van der Waals surface area contributed by atoms with Gasteiger partial charge in [0.25, 0.3) is 5.91 Å². The Kier molecular flexibility index (Phi) is 6.59. The molecule has 0 spiro atoms. The fourth-order valence-corrected chi connectivity index (χ4v) is 4.18. The van der Waals surface area contributed by atoms with Crippen molar-refractivity contribution in [2.75, 3.05) is 7.11 Å². The molecule has 5 rings (SSSR count). The summed E-state index contributed by atoms with van der Waals surface area (Å²) >= 11 is 0. The molecule has 8 nitrogen and oxygen atoms in total. The second-order valence-corrected chi connectivity index (χ2v) is 8.75. The van der Waals surface area contributed by atoms with Gasteiger partial charge in [-0.15, -0.1) is 0 Å². The van der Waals surface area contributed by atoms with Gasteiger partial charge in [-0.2, -0.15) is 5.10 Å². The molecule has 37 heavy (non-hydrogen) atoms. The molecular formula is C28H26FN5O3. The minimum absolute atomic E-state index is 0.291. The molecule has 1 N–H and O–H groups in total. The Bertz CT molecular complexity index is 1540. The molecule has 0 fully saturated rings. The Labute approximate surface area is 213 Å². The van der Waals surface area contributed by atoms with E-state index in [9.17, 15) is 9.18 Å². The van der Waals surface area contributed by atoms with Crippen LogP contribution < -0.4 is 14.8 Å². The molecule has 0 saturated carbocycles. The maximum absolute atomic E-state index is 13.4. The van der Waals surface area contributed by atoms with E-state index in [0.717, 1.165) is 22.2 Å². The van der Waals surface area contributed by atoms with E-state index in [0.29, 0.717) is 17.2 Å². The Balaban J connectivity index is 1.44. The average molecular weight is 500 g/mol. The van der Waals surface area contributed by atoms with Crippen LogP contribution in [0.15, 0.2) is 85.5 Å².